The number of rotatable bonds is 2. The van der Waals surface area contributed by atoms with E-state index >= 15 is 0 Å². The van der Waals surface area contributed by atoms with E-state index in [1.807, 2.05) is 42.5 Å². The van der Waals surface area contributed by atoms with E-state index in [-0.39, 0.29) is 11.0 Å². The zero-order valence-corrected chi connectivity index (χ0v) is 12.6. The lowest BCUT2D eigenvalue weighted by Gasteiger charge is -2.10. The summed E-state index contributed by atoms with van der Waals surface area (Å²) in [5, 5.41) is 10.3. The van der Waals surface area contributed by atoms with Gasteiger partial charge in [0.15, 0.2) is 5.43 Å². The molecule has 0 radical (unpaired) electrons. The molecule has 0 aliphatic heterocycles. The first-order valence-electron chi connectivity index (χ1n) is 7.53. The van der Waals surface area contributed by atoms with Crippen molar-refractivity contribution < 1.29 is 9.90 Å². The topological polar surface area (TPSA) is 70.2 Å². The number of fused-ring (bicyclic) bond motifs is 2. The van der Waals surface area contributed by atoms with E-state index < -0.39 is 5.97 Å². The molecule has 4 rings (SSSR count). The van der Waals surface area contributed by atoms with Gasteiger partial charge in [0.2, 0.25) is 0 Å². The first-order chi connectivity index (χ1) is 11.7. The van der Waals surface area contributed by atoms with Crippen LogP contribution in [0.2, 0.25) is 0 Å². The summed E-state index contributed by atoms with van der Waals surface area (Å²) < 4.78 is 0. The van der Waals surface area contributed by atoms with Crippen LogP contribution < -0.4 is 5.43 Å². The molecule has 1 heterocycles. The Morgan fingerprint density at radius 3 is 2.17 bits per heavy atom. The Labute approximate surface area is 137 Å². The molecular formula is C20H13NO3. The highest BCUT2D eigenvalue weighted by Crippen LogP contribution is 2.28. The number of hydrogen-bond donors (Lipinski definition) is 2. The number of aromatic carboxylic acids is 1. The number of para-hydroxylation sites is 2. The number of carboxylic acids is 1. The molecule has 116 valence electrons. The van der Waals surface area contributed by atoms with Crippen LogP contribution in [0.15, 0.2) is 71.5 Å². The number of hydrogen-bond acceptors (Lipinski definition) is 2. The molecule has 4 heteroatoms. The summed E-state index contributed by atoms with van der Waals surface area (Å²) in [6.07, 6.45) is 0. The maximum absolute atomic E-state index is 12.8. The van der Waals surface area contributed by atoms with E-state index in [9.17, 15) is 14.7 Å². The Morgan fingerprint density at radius 2 is 1.46 bits per heavy atom. The number of aromatic amines is 1. The second-order valence-corrected chi connectivity index (χ2v) is 5.58. The smallest absolute Gasteiger partial charge is 0.337 e. The van der Waals surface area contributed by atoms with Gasteiger partial charge in [0, 0.05) is 16.3 Å². The summed E-state index contributed by atoms with van der Waals surface area (Å²) >= 11 is 0. The molecule has 24 heavy (non-hydrogen) atoms. The lowest BCUT2D eigenvalue weighted by atomic mass is 10.00. The van der Waals surface area contributed by atoms with Gasteiger partial charge < -0.3 is 10.1 Å². The molecule has 2 N–H and O–H groups in total. The van der Waals surface area contributed by atoms with Crippen molar-refractivity contribution >= 4 is 27.8 Å². The second-order valence-electron chi connectivity index (χ2n) is 5.58. The van der Waals surface area contributed by atoms with E-state index in [1.54, 1.807) is 18.2 Å². The van der Waals surface area contributed by atoms with Crippen molar-refractivity contribution in [2.45, 2.75) is 0 Å². The summed E-state index contributed by atoms with van der Waals surface area (Å²) in [5.41, 5.74) is 2.76. The maximum Gasteiger partial charge on any atom is 0.337 e. The molecule has 0 spiro atoms. The van der Waals surface area contributed by atoms with Crippen molar-refractivity contribution in [1.82, 2.24) is 4.98 Å². The molecule has 0 aliphatic rings. The third kappa shape index (κ3) is 2.08. The fourth-order valence-corrected chi connectivity index (χ4v) is 3.06. The van der Waals surface area contributed by atoms with E-state index in [2.05, 4.69) is 4.98 Å². The highest BCUT2D eigenvalue weighted by Gasteiger charge is 2.14. The van der Waals surface area contributed by atoms with Gasteiger partial charge in [-0.05, 0) is 23.8 Å². The first kappa shape index (κ1) is 14.2. The van der Waals surface area contributed by atoms with Gasteiger partial charge in [-0.25, -0.2) is 4.79 Å². The molecule has 0 amide bonds. The van der Waals surface area contributed by atoms with Crippen molar-refractivity contribution in [2.24, 2.45) is 0 Å². The largest absolute Gasteiger partial charge is 0.478 e. The van der Waals surface area contributed by atoms with Crippen molar-refractivity contribution in [2.75, 3.05) is 0 Å². The van der Waals surface area contributed by atoms with Gasteiger partial charge in [-0.3, -0.25) is 4.79 Å². The first-order valence-corrected chi connectivity index (χ1v) is 7.53. The highest BCUT2D eigenvalue weighted by molar-refractivity contribution is 6.06. The Bertz CT molecular complexity index is 1140. The van der Waals surface area contributed by atoms with Crippen LogP contribution in [0.25, 0.3) is 32.9 Å². The van der Waals surface area contributed by atoms with E-state index in [0.29, 0.717) is 21.8 Å². The Balaban J connectivity index is 2.19. The van der Waals surface area contributed by atoms with Crippen LogP contribution in [-0.4, -0.2) is 16.1 Å². The fraction of sp³-hybridized carbons (Fsp3) is 0. The number of carbonyl (C=O) groups is 1. The normalized spacial score (nSPS) is 11.0. The van der Waals surface area contributed by atoms with Crippen LogP contribution in [0.4, 0.5) is 0 Å². The van der Waals surface area contributed by atoms with E-state index in [1.165, 1.54) is 6.07 Å². The van der Waals surface area contributed by atoms with Gasteiger partial charge in [0.1, 0.15) is 0 Å². The molecule has 0 saturated carbocycles. The van der Waals surface area contributed by atoms with Gasteiger partial charge in [-0.2, -0.15) is 0 Å². The summed E-state index contributed by atoms with van der Waals surface area (Å²) in [5.74, 6) is -1.06. The average molecular weight is 315 g/mol. The van der Waals surface area contributed by atoms with Gasteiger partial charge in [-0.1, -0.05) is 48.5 Å². The second kappa shape index (κ2) is 5.35. The third-order valence-electron chi connectivity index (χ3n) is 4.18. The van der Waals surface area contributed by atoms with Crippen molar-refractivity contribution in [1.29, 1.82) is 0 Å². The Morgan fingerprint density at radius 1 is 0.792 bits per heavy atom. The molecular weight excluding hydrogens is 302 g/mol. The zero-order valence-electron chi connectivity index (χ0n) is 12.6. The van der Waals surface area contributed by atoms with Crippen molar-refractivity contribution in [3.05, 3.63) is 82.5 Å². The van der Waals surface area contributed by atoms with Crippen LogP contribution in [0.3, 0.4) is 0 Å². The number of pyridine rings is 1. The van der Waals surface area contributed by atoms with Gasteiger partial charge in [-0.15, -0.1) is 0 Å². The number of benzene rings is 3. The van der Waals surface area contributed by atoms with Gasteiger partial charge >= 0.3 is 5.97 Å². The summed E-state index contributed by atoms with van der Waals surface area (Å²) in [6, 6.07) is 20.0. The molecule has 0 aliphatic carbocycles. The quantitative estimate of drug-likeness (QED) is 0.548. The minimum atomic E-state index is -1.06. The molecule has 0 saturated heterocycles. The number of nitrogens with one attached hydrogen (secondary N) is 1. The predicted molar refractivity (Wildman–Crippen MR) is 94.5 cm³/mol. The lowest BCUT2D eigenvalue weighted by molar-refractivity contribution is 0.0699. The number of aromatic nitrogens is 1. The van der Waals surface area contributed by atoms with E-state index in [4.69, 9.17) is 0 Å². The standard InChI is InChI=1S/C20H13NO3/c22-19-14-9-4-8-13(12-6-2-1-3-7-12)17(14)21-18-15(19)10-5-11-16(18)20(23)24/h1-11H,(H,21,22)(H,23,24). The minimum Gasteiger partial charge on any atom is -0.478 e. The maximum atomic E-state index is 12.8. The van der Waals surface area contributed by atoms with Gasteiger partial charge in [0.25, 0.3) is 0 Å². The molecule has 4 nitrogen and oxygen atoms in total. The molecule has 0 fully saturated rings. The molecule has 4 aromatic rings. The SMILES string of the molecule is O=C(O)c1cccc2c(=O)c3cccc(-c4ccccc4)c3[nH]c12. The number of H-pyrrole nitrogens is 1. The summed E-state index contributed by atoms with van der Waals surface area (Å²) in [4.78, 5) is 27.5. The molecule has 1 aromatic heterocycles. The fourth-order valence-electron chi connectivity index (χ4n) is 3.06. The Hall–Kier alpha value is -3.40. The summed E-state index contributed by atoms with van der Waals surface area (Å²) in [7, 11) is 0. The van der Waals surface area contributed by atoms with Crippen LogP contribution >= 0.6 is 0 Å². The Kier molecular flexibility index (Phi) is 3.17. The van der Waals surface area contributed by atoms with Crippen LogP contribution in [0.1, 0.15) is 10.4 Å². The van der Waals surface area contributed by atoms with Crippen molar-refractivity contribution in [3.63, 3.8) is 0 Å². The highest BCUT2D eigenvalue weighted by atomic mass is 16.4. The number of carboxylic acid groups (broad SMARTS) is 1. The predicted octanol–water partition coefficient (Wildman–Crippen LogP) is 4.05. The molecule has 3 aromatic carbocycles. The minimum absolute atomic E-state index is 0.0920. The monoisotopic (exact) mass is 315 g/mol. The average Bonchev–Trinajstić information content (AvgIpc) is 2.62. The molecule has 0 unspecified atom stereocenters. The van der Waals surface area contributed by atoms with Gasteiger partial charge in [0.05, 0.1) is 16.6 Å². The third-order valence-corrected chi connectivity index (χ3v) is 4.18. The van der Waals surface area contributed by atoms with Crippen LogP contribution in [0, 0.1) is 0 Å². The lowest BCUT2D eigenvalue weighted by Crippen LogP contribution is -2.08. The summed E-state index contributed by atoms with van der Waals surface area (Å²) in [6.45, 7) is 0. The van der Waals surface area contributed by atoms with Crippen molar-refractivity contribution in [3.8, 4) is 11.1 Å². The molecule has 0 bridgehead atoms. The van der Waals surface area contributed by atoms with Crippen LogP contribution in [0.5, 0.6) is 0 Å². The molecule has 0 atom stereocenters. The van der Waals surface area contributed by atoms with E-state index in [0.717, 1.165) is 11.1 Å². The zero-order chi connectivity index (χ0) is 16.7. The van der Waals surface area contributed by atoms with Crippen LogP contribution in [-0.2, 0) is 0 Å².